The highest BCUT2D eigenvalue weighted by molar-refractivity contribution is 7.18. The molecule has 0 radical (unpaired) electrons. The van der Waals surface area contributed by atoms with Crippen molar-refractivity contribution in [3.63, 3.8) is 0 Å². The molecule has 0 aliphatic rings. The zero-order valence-corrected chi connectivity index (χ0v) is 27.8. The van der Waals surface area contributed by atoms with Crippen molar-refractivity contribution < 1.29 is 9.47 Å². The second-order valence-corrected chi connectivity index (χ2v) is 13.0. The van der Waals surface area contributed by atoms with Crippen LogP contribution in [0, 0.1) is 22.7 Å². The van der Waals surface area contributed by atoms with E-state index < -0.39 is 0 Å². The van der Waals surface area contributed by atoms with Crippen molar-refractivity contribution in [3.05, 3.63) is 108 Å². The van der Waals surface area contributed by atoms with E-state index in [0.29, 0.717) is 24.3 Å². The molecule has 0 saturated carbocycles. The molecule has 48 heavy (non-hydrogen) atoms. The van der Waals surface area contributed by atoms with E-state index in [2.05, 4.69) is 32.5 Å². The minimum atomic E-state index is 0.629. The van der Waals surface area contributed by atoms with E-state index in [1.807, 2.05) is 72.8 Å². The summed E-state index contributed by atoms with van der Waals surface area (Å²) in [6.45, 7) is 1.40. The smallest absolute Gasteiger partial charge is 0.148 e. The fourth-order valence-corrected chi connectivity index (χ4v) is 6.68. The van der Waals surface area contributed by atoms with Gasteiger partial charge in [0.1, 0.15) is 31.5 Å². The molecule has 0 saturated heterocycles. The van der Waals surface area contributed by atoms with E-state index in [9.17, 15) is 0 Å². The van der Waals surface area contributed by atoms with Crippen molar-refractivity contribution in [2.75, 3.05) is 13.2 Å². The van der Waals surface area contributed by atoms with E-state index in [1.165, 1.54) is 35.5 Å². The molecule has 0 spiro atoms. The van der Waals surface area contributed by atoms with Gasteiger partial charge in [0.2, 0.25) is 0 Å². The van der Waals surface area contributed by atoms with Crippen LogP contribution in [0.4, 0.5) is 0 Å². The quantitative estimate of drug-likeness (QED) is 0.0993. The summed E-state index contributed by atoms with van der Waals surface area (Å²) in [5.74, 6) is 1.72. The number of rotatable bonds is 15. The maximum Gasteiger partial charge on any atom is 0.148 e. The summed E-state index contributed by atoms with van der Waals surface area (Å²) in [6, 6.07) is 35.0. The number of aromatic nitrogens is 4. The van der Waals surface area contributed by atoms with Crippen LogP contribution >= 0.6 is 22.7 Å². The van der Waals surface area contributed by atoms with Crippen LogP contribution in [0.1, 0.15) is 49.7 Å². The molecule has 0 N–H and O–H groups in total. The number of nitrogens with zero attached hydrogens (tertiary/aromatic N) is 6. The Labute approximate surface area is 287 Å². The van der Waals surface area contributed by atoms with Gasteiger partial charge in [-0.3, -0.25) is 0 Å². The number of ether oxygens (including phenoxy) is 2. The first-order valence-electron chi connectivity index (χ1n) is 15.8. The normalized spacial score (nSPS) is 10.7. The molecule has 0 bridgehead atoms. The predicted molar refractivity (Wildman–Crippen MR) is 190 cm³/mol. The maximum atomic E-state index is 8.99. The van der Waals surface area contributed by atoms with Gasteiger partial charge in [-0.1, -0.05) is 72.6 Å². The SMILES string of the molecule is N#Cc1ccc(-c2nnc(-c3ccc(OCCCCCCCCOc4ccc(-c5nnc(-c6ccc(C#N)cc6)s5)cc4)cc3)s2)cc1. The summed E-state index contributed by atoms with van der Waals surface area (Å²) >= 11 is 3.06. The topological polar surface area (TPSA) is 118 Å². The van der Waals surface area contributed by atoms with Gasteiger partial charge in [0.25, 0.3) is 0 Å². The number of unbranched alkanes of at least 4 members (excludes halogenated alkanes) is 5. The van der Waals surface area contributed by atoms with Crippen LogP contribution in [-0.4, -0.2) is 33.6 Å². The van der Waals surface area contributed by atoms with Crippen molar-refractivity contribution in [1.29, 1.82) is 10.5 Å². The van der Waals surface area contributed by atoms with Crippen molar-refractivity contribution in [2.24, 2.45) is 0 Å². The van der Waals surface area contributed by atoms with Crippen molar-refractivity contribution >= 4 is 22.7 Å². The van der Waals surface area contributed by atoms with Crippen LogP contribution in [0.3, 0.4) is 0 Å². The molecule has 0 atom stereocenters. The lowest BCUT2D eigenvalue weighted by atomic mass is 10.1. The predicted octanol–water partition coefficient (Wildman–Crippen LogP) is 9.60. The molecular formula is C38H32N6O2S2. The summed E-state index contributed by atoms with van der Waals surface area (Å²) < 4.78 is 11.9. The molecule has 0 fully saturated rings. The Morgan fingerprint density at radius 1 is 0.417 bits per heavy atom. The minimum Gasteiger partial charge on any atom is -0.494 e. The molecule has 6 rings (SSSR count). The standard InChI is InChI=1S/C38H32N6O2S2/c39-25-27-7-11-29(12-8-27)35-41-43-37(47-35)31-15-19-33(20-16-31)45-23-5-3-1-2-4-6-24-46-34-21-17-32(18-22-34)38-44-42-36(48-38)30-13-9-28(26-40)10-14-30/h7-22H,1-6,23-24H2. The Bertz CT molecular complexity index is 1840. The minimum absolute atomic E-state index is 0.629. The van der Waals surface area contributed by atoms with E-state index in [0.717, 1.165) is 79.5 Å². The number of hydrogen-bond donors (Lipinski definition) is 0. The molecule has 2 heterocycles. The first-order valence-corrected chi connectivity index (χ1v) is 17.5. The average molecular weight is 669 g/mol. The molecule has 0 aliphatic heterocycles. The van der Waals surface area contributed by atoms with Crippen LogP contribution < -0.4 is 9.47 Å². The Balaban J connectivity index is 0.827. The first kappa shape index (κ1) is 32.5. The molecule has 238 valence electrons. The monoisotopic (exact) mass is 668 g/mol. The lowest BCUT2D eigenvalue weighted by Crippen LogP contribution is -1.98. The van der Waals surface area contributed by atoms with Gasteiger partial charge in [-0.25, -0.2) is 0 Å². The molecule has 0 amide bonds. The van der Waals surface area contributed by atoms with Gasteiger partial charge in [0, 0.05) is 22.3 Å². The lowest BCUT2D eigenvalue weighted by Gasteiger charge is -2.08. The van der Waals surface area contributed by atoms with Crippen molar-refractivity contribution in [1.82, 2.24) is 20.4 Å². The van der Waals surface area contributed by atoms with Gasteiger partial charge in [0.05, 0.1) is 36.5 Å². The Morgan fingerprint density at radius 3 is 1.02 bits per heavy atom. The lowest BCUT2D eigenvalue weighted by molar-refractivity contribution is 0.297. The summed E-state index contributed by atoms with van der Waals surface area (Å²) in [4.78, 5) is 0. The molecular weight excluding hydrogens is 637 g/mol. The van der Waals surface area contributed by atoms with Gasteiger partial charge in [-0.15, -0.1) is 20.4 Å². The number of benzene rings is 4. The summed E-state index contributed by atoms with van der Waals surface area (Å²) in [5.41, 5.74) is 5.17. The molecule has 6 aromatic rings. The van der Waals surface area contributed by atoms with Gasteiger partial charge in [-0.05, 0) is 85.6 Å². The van der Waals surface area contributed by atoms with Crippen LogP contribution in [-0.2, 0) is 0 Å². The molecule has 4 aromatic carbocycles. The largest absolute Gasteiger partial charge is 0.494 e. The van der Waals surface area contributed by atoms with E-state index >= 15 is 0 Å². The Morgan fingerprint density at radius 2 is 0.708 bits per heavy atom. The summed E-state index contributed by atoms with van der Waals surface area (Å²) in [6.07, 6.45) is 6.70. The zero-order valence-electron chi connectivity index (χ0n) is 26.2. The highest BCUT2D eigenvalue weighted by atomic mass is 32.1. The van der Waals surface area contributed by atoms with Crippen LogP contribution in [0.5, 0.6) is 11.5 Å². The molecule has 10 heteroatoms. The highest BCUT2D eigenvalue weighted by Crippen LogP contribution is 2.32. The highest BCUT2D eigenvalue weighted by Gasteiger charge is 2.11. The Kier molecular flexibility index (Phi) is 11.1. The van der Waals surface area contributed by atoms with Crippen LogP contribution in [0.25, 0.3) is 42.3 Å². The summed E-state index contributed by atoms with van der Waals surface area (Å²) in [7, 11) is 0. The second-order valence-electron chi connectivity index (χ2n) is 11.1. The van der Waals surface area contributed by atoms with E-state index in [-0.39, 0.29) is 0 Å². The fourth-order valence-electron chi connectivity index (χ4n) is 4.97. The van der Waals surface area contributed by atoms with Crippen LogP contribution in [0.2, 0.25) is 0 Å². The second kappa shape index (κ2) is 16.4. The van der Waals surface area contributed by atoms with Gasteiger partial charge in [0.15, 0.2) is 0 Å². The third kappa shape index (κ3) is 8.68. The molecule has 0 unspecified atom stereocenters. The molecule has 0 aliphatic carbocycles. The number of hydrogen-bond acceptors (Lipinski definition) is 10. The van der Waals surface area contributed by atoms with Gasteiger partial charge < -0.3 is 9.47 Å². The zero-order chi connectivity index (χ0) is 33.0. The molecule has 8 nitrogen and oxygen atoms in total. The van der Waals surface area contributed by atoms with Crippen molar-refractivity contribution in [2.45, 2.75) is 38.5 Å². The number of nitriles is 2. The third-order valence-electron chi connectivity index (χ3n) is 7.65. The van der Waals surface area contributed by atoms with Gasteiger partial charge in [-0.2, -0.15) is 10.5 Å². The van der Waals surface area contributed by atoms with E-state index in [1.54, 1.807) is 24.3 Å². The fraction of sp³-hybridized carbons (Fsp3) is 0.211. The summed E-state index contributed by atoms with van der Waals surface area (Å²) in [5, 5.41) is 38.7. The average Bonchev–Trinajstić information content (AvgIpc) is 3.85. The maximum absolute atomic E-state index is 8.99. The van der Waals surface area contributed by atoms with Crippen molar-refractivity contribution in [3.8, 4) is 65.9 Å². The van der Waals surface area contributed by atoms with E-state index in [4.69, 9.17) is 20.0 Å². The first-order chi connectivity index (χ1) is 23.7. The third-order valence-corrected chi connectivity index (χ3v) is 9.69. The molecule has 2 aromatic heterocycles. The van der Waals surface area contributed by atoms with Gasteiger partial charge >= 0.3 is 0 Å². The Hall–Kier alpha value is -5.42. The van der Waals surface area contributed by atoms with Crippen LogP contribution in [0.15, 0.2) is 97.1 Å².